The van der Waals surface area contributed by atoms with Gasteiger partial charge in [-0.1, -0.05) is 60.2 Å². The lowest BCUT2D eigenvalue weighted by molar-refractivity contribution is 0.0288. The Kier molecular flexibility index (Phi) is 5.13. The quantitative estimate of drug-likeness (QED) is 0.860. The molecule has 1 N–H and O–H groups in total. The highest BCUT2D eigenvalue weighted by molar-refractivity contribution is 5.21. The average molecular weight is 256 g/mol. The van der Waals surface area contributed by atoms with E-state index < -0.39 is 6.10 Å². The van der Waals surface area contributed by atoms with Gasteiger partial charge in [-0.15, -0.1) is 0 Å². The van der Waals surface area contributed by atoms with Gasteiger partial charge in [0.2, 0.25) is 0 Å². The molecule has 2 aromatic carbocycles. The maximum atomic E-state index is 9.92. The topological polar surface area (TPSA) is 29.5 Å². The molecule has 0 aliphatic carbocycles. The van der Waals surface area contributed by atoms with Crippen molar-refractivity contribution in [2.45, 2.75) is 26.1 Å². The van der Waals surface area contributed by atoms with E-state index in [1.54, 1.807) is 0 Å². The molecular weight excluding hydrogens is 236 g/mol. The highest BCUT2D eigenvalue weighted by Gasteiger charge is 2.05. The highest BCUT2D eigenvalue weighted by atomic mass is 16.5. The average Bonchev–Trinajstić information content (AvgIpc) is 2.43. The molecule has 2 nitrogen and oxygen atoms in total. The molecule has 2 rings (SSSR count). The van der Waals surface area contributed by atoms with Gasteiger partial charge in [-0.3, -0.25) is 0 Å². The fourth-order valence-electron chi connectivity index (χ4n) is 1.94. The van der Waals surface area contributed by atoms with Crippen molar-refractivity contribution in [3.63, 3.8) is 0 Å². The summed E-state index contributed by atoms with van der Waals surface area (Å²) in [5, 5.41) is 9.92. The van der Waals surface area contributed by atoms with Gasteiger partial charge in [0.15, 0.2) is 0 Å². The molecule has 2 aromatic rings. The highest BCUT2D eigenvalue weighted by Crippen LogP contribution is 2.07. The Balaban J connectivity index is 1.73. The van der Waals surface area contributed by atoms with E-state index in [1.807, 2.05) is 30.3 Å². The van der Waals surface area contributed by atoms with Gasteiger partial charge < -0.3 is 9.84 Å². The lowest BCUT2D eigenvalue weighted by Gasteiger charge is -2.11. The van der Waals surface area contributed by atoms with Gasteiger partial charge in [-0.25, -0.2) is 0 Å². The molecule has 0 fully saturated rings. The van der Waals surface area contributed by atoms with E-state index in [2.05, 4.69) is 31.2 Å². The molecule has 0 amide bonds. The van der Waals surface area contributed by atoms with Gasteiger partial charge in [0.1, 0.15) is 0 Å². The molecule has 2 heteroatoms. The van der Waals surface area contributed by atoms with Crippen molar-refractivity contribution in [2.24, 2.45) is 0 Å². The number of aliphatic hydroxyl groups is 1. The van der Waals surface area contributed by atoms with Crippen molar-refractivity contribution >= 4 is 0 Å². The standard InChI is InChI=1S/C17H20O2/c1-14-7-9-15(10-8-14)11-17(18)13-19-12-16-5-3-2-4-6-16/h2-10,17-18H,11-13H2,1H3/t17-/m0/s1. The fraction of sp³-hybridized carbons (Fsp3) is 0.294. The second-order valence-electron chi connectivity index (χ2n) is 4.84. The summed E-state index contributed by atoms with van der Waals surface area (Å²) in [6.45, 7) is 2.97. The van der Waals surface area contributed by atoms with Crippen molar-refractivity contribution in [3.8, 4) is 0 Å². The lowest BCUT2D eigenvalue weighted by Crippen LogP contribution is -2.18. The minimum absolute atomic E-state index is 0.364. The Morgan fingerprint density at radius 3 is 2.32 bits per heavy atom. The number of rotatable bonds is 6. The first-order valence-electron chi connectivity index (χ1n) is 6.59. The van der Waals surface area contributed by atoms with E-state index in [9.17, 15) is 5.11 Å². The number of hydrogen-bond acceptors (Lipinski definition) is 2. The van der Waals surface area contributed by atoms with Crippen LogP contribution in [0.2, 0.25) is 0 Å². The van der Waals surface area contributed by atoms with Crippen molar-refractivity contribution in [2.75, 3.05) is 6.61 Å². The first-order valence-corrected chi connectivity index (χ1v) is 6.59. The van der Waals surface area contributed by atoms with Crippen LogP contribution in [0.15, 0.2) is 54.6 Å². The third-order valence-electron chi connectivity index (χ3n) is 3.01. The normalized spacial score (nSPS) is 12.3. The number of aliphatic hydroxyl groups excluding tert-OH is 1. The Labute approximate surface area is 114 Å². The second kappa shape index (κ2) is 7.07. The summed E-state index contributed by atoms with van der Waals surface area (Å²) in [6.07, 6.45) is 0.182. The SMILES string of the molecule is Cc1ccc(C[C@H](O)COCc2ccccc2)cc1. The summed E-state index contributed by atoms with van der Waals surface area (Å²) in [5.41, 5.74) is 3.50. The third-order valence-corrected chi connectivity index (χ3v) is 3.01. The van der Waals surface area contributed by atoms with Crippen LogP contribution < -0.4 is 0 Å². The molecule has 19 heavy (non-hydrogen) atoms. The van der Waals surface area contributed by atoms with E-state index >= 15 is 0 Å². The first-order chi connectivity index (χ1) is 9.24. The number of aryl methyl sites for hydroxylation is 1. The fourth-order valence-corrected chi connectivity index (χ4v) is 1.94. The van der Waals surface area contributed by atoms with Crippen LogP contribution in [0.25, 0.3) is 0 Å². The molecule has 0 heterocycles. The molecular formula is C17H20O2. The monoisotopic (exact) mass is 256 g/mol. The number of ether oxygens (including phenoxy) is 1. The van der Waals surface area contributed by atoms with Gasteiger partial charge in [0, 0.05) is 6.42 Å². The van der Waals surface area contributed by atoms with Crippen LogP contribution >= 0.6 is 0 Å². The predicted molar refractivity (Wildman–Crippen MR) is 77.0 cm³/mol. The Bertz CT molecular complexity index is 476. The molecule has 0 radical (unpaired) electrons. The van der Waals surface area contributed by atoms with Crippen molar-refractivity contribution in [3.05, 3.63) is 71.3 Å². The van der Waals surface area contributed by atoms with Crippen LogP contribution in [0.1, 0.15) is 16.7 Å². The maximum Gasteiger partial charge on any atom is 0.0814 e. The Hall–Kier alpha value is -1.64. The third kappa shape index (κ3) is 4.86. The molecule has 0 aliphatic rings. The van der Waals surface area contributed by atoms with Crippen LogP contribution in [0.5, 0.6) is 0 Å². The summed E-state index contributed by atoms with van der Waals surface area (Å²) in [6, 6.07) is 18.2. The van der Waals surface area contributed by atoms with Crippen LogP contribution in [-0.4, -0.2) is 17.8 Å². The lowest BCUT2D eigenvalue weighted by atomic mass is 10.1. The van der Waals surface area contributed by atoms with Crippen LogP contribution in [-0.2, 0) is 17.8 Å². The Morgan fingerprint density at radius 1 is 0.947 bits per heavy atom. The van der Waals surface area contributed by atoms with Crippen molar-refractivity contribution in [1.29, 1.82) is 0 Å². The molecule has 100 valence electrons. The van der Waals surface area contributed by atoms with E-state index in [4.69, 9.17) is 4.74 Å². The Morgan fingerprint density at radius 2 is 1.63 bits per heavy atom. The van der Waals surface area contributed by atoms with Crippen LogP contribution in [0, 0.1) is 6.92 Å². The molecule has 0 saturated heterocycles. The van der Waals surface area contributed by atoms with Gasteiger partial charge in [0.25, 0.3) is 0 Å². The zero-order chi connectivity index (χ0) is 13.5. The maximum absolute atomic E-state index is 9.92. The number of hydrogen-bond donors (Lipinski definition) is 1. The molecule has 0 saturated carbocycles. The first kappa shape index (κ1) is 13.8. The zero-order valence-electron chi connectivity index (χ0n) is 11.3. The summed E-state index contributed by atoms with van der Waals surface area (Å²) in [5.74, 6) is 0. The van der Waals surface area contributed by atoms with Gasteiger partial charge in [-0.05, 0) is 18.1 Å². The minimum atomic E-state index is -0.452. The van der Waals surface area contributed by atoms with E-state index in [-0.39, 0.29) is 0 Å². The number of benzene rings is 2. The smallest absolute Gasteiger partial charge is 0.0814 e. The predicted octanol–water partition coefficient (Wildman–Crippen LogP) is 3.12. The molecule has 1 atom stereocenters. The van der Waals surface area contributed by atoms with Gasteiger partial charge in [-0.2, -0.15) is 0 Å². The van der Waals surface area contributed by atoms with Gasteiger partial charge in [0.05, 0.1) is 19.3 Å². The van der Waals surface area contributed by atoms with E-state index in [0.717, 1.165) is 11.1 Å². The minimum Gasteiger partial charge on any atom is -0.390 e. The largest absolute Gasteiger partial charge is 0.390 e. The van der Waals surface area contributed by atoms with E-state index in [1.165, 1.54) is 5.56 Å². The van der Waals surface area contributed by atoms with Crippen molar-refractivity contribution < 1.29 is 9.84 Å². The molecule has 0 spiro atoms. The van der Waals surface area contributed by atoms with Crippen LogP contribution in [0.3, 0.4) is 0 Å². The second-order valence-corrected chi connectivity index (χ2v) is 4.84. The van der Waals surface area contributed by atoms with Crippen LogP contribution in [0.4, 0.5) is 0 Å². The summed E-state index contributed by atoms with van der Waals surface area (Å²) in [4.78, 5) is 0. The van der Waals surface area contributed by atoms with E-state index in [0.29, 0.717) is 19.6 Å². The molecule has 0 bridgehead atoms. The zero-order valence-corrected chi connectivity index (χ0v) is 11.3. The van der Waals surface area contributed by atoms with Gasteiger partial charge >= 0.3 is 0 Å². The summed E-state index contributed by atoms with van der Waals surface area (Å²) in [7, 11) is 0. The molecule has 0 aliphatic heterocycles. The van der Waals surface area contributed by atoms with Crippen molar-refractivity contribution in [1.82, 2.24) is 0 Å². The summed E-state index contributed by atoms with van der Waals surface area (Å²) < 4.78 is 5.53. The molecule has 0 unspecified atom stereocenters. The molecule has 0 aromatic heterocycles. The summed E-state index contributed by atoms with van der Waals surface area (Å²) >= 11 is 0.